The fraction of sp³-hybridized carbons (Fsp3) is 0.923. The van der Waals surface area contributed by atoms with Crippen molar-refractivity contribution in [3.05, 3.63) is 0 Å². The fourth-order valence-electron chi connectivity index (χ4n) is 1.86. The van der Waals surface area contributed by atoms with Gasteiger partial charge in [0.15, 0.2) is 0 Å². The predicted molar refractivity (Wildman–Crippen MR) is 69.5 cm³/mol. The van der Waals surface area contributed by atoms with Gasteiger partial charge in [0.2, 0.25) is 5.91 Å². The molecule has 0 unspecified atom stereocenters. The van der Waals surface area contributed by atoms with E-state index in [1.54, 1.807) is 0 Å². The number of carbonyl (C=O) groups excluding carboxylic acids is 1. The Balaban J connectivity index is 3.87. The molecule has 0 radical (unpaired) electrons. The van der Waals surface area contributed by atoms with Crippen molar-refractivity contribution in [1.29, 1.82) is 0 Å². The van der Waals surface area contributed by atoms with Gasteiger partial charge in [-0.25, -0.2) is 0 Å². The maximum atomic E-state index is 11.5. The van der Waals surface area contributed by atoms with Crippen LogP contribution >= 0.6 is 0 Å². The number of hydrogen-bond acceptors (Lipinski definition) is 2. The molecule has 0 saturated heterocycles. The van der Waals surface area contributed by atoms with Gasteiger partial charge < -0.3 is 10.6 Å². The molecule has 0 spiro atoms. The lowest BCUT2D eigenvalue weighted by molar-refractivity contribution is -0.120. The van der Waals surface area contributed by atoms with E-state index in [9.17, 15) is 4.79 Å². The van der Waals surface area contributed by atoms with Gasteiger partial charge in [-0.05, 0) is 25.7 Å². The van der Waals surface area contributed by atoms with E-state index in [2.05, 4.69) is 38.3 Å². The molecule has 16 heavy (non-hydrogen) atoms. The van der Waals surface area contributed by atoms with Crippen LogP contribution in [0.5, 0.6) is 0 Å². The third-order valence-corrected chi connectivity index (χ3v) is 3.51. The highest BCUT2D eigenvalue weighted by Crippen LogP contribution is 2.18. The molecule has 3 nitrogen and oxygen atoms in total. The number of hydrogen-bond donors (Lipinski definition) is 2. The number of rotatable bonds is 9. The van der Waals surface area contributed by atoms with Gasteiger partial charge >= 0.3 is 0 Å². The van der Waals surface area contributed by atoms with Crippen LogP contribution in [0.2, 0.25) is 0 Å². The molecule has 2 N–H and O–H groups in total. The van der Waals surface area contributed by atoms with Crippen LogP contribution in [0.4, 0.5) is 0 Å². The molecule has 0 rings (SSSR count). The standard InChI is InChI=1S/C13H28N2O/c1-5-9-10-14-12(16)11-15-13(6-2,7-3)8-4/h15H,5-11H2,1-4H3,(H,14,16). The number of unbranched alkanes of at least 4 members (excludes halogenated alkanes) is 1. The average Bonchev–Trinajstić information content (AvgIpc) is 2.32. The molecular formula is C13H28N2O. The monoisotopic (exact) mass is 228 g/mol. The first-order valence-electron chi connectivity index (χ1n) is 6.65. The second kappa shape index (κ2) is 8.57. The molecule has 0 aliphatic heterocycles. The third-order valence-electron chi connectivity index (χ3n) is 3.51. The lowest BCUT2D eigenvalue weighted by atomic mass is 9.90. The Kier molecular flexibility index (Phi) is 8.26. The van der Waals surface area contributed by atoms with Crippen LogP contribution < -0.4 is 10.6 Å². The van der Waals surface area contributed by atoms with Crippen LogP contribution in [0.1, 0.15) is 59.8 Å². The molecule has 0 atom stereocenters. The van der Waals surface area contributed by atoms with Crippen molar-refractivity contribution < 1.29 is 4.79 Å². The molecule has 0 aromatic heterocycles. The minimum atomic E-state index is 0.119. The van der Waals surface area contributed by atoms with Crippen LogP contribution in [-0.2, 0) is 4.79 Å². The maximum Gasteiger partial charge on any atom is 0.233 e. The molecule has 0 aliphatic carbocycles. The van der Waals surface area contributed by atoms with E-state index in [1.807, 2.05) is 0 Å². The van der Waals surface area contributed by atoms with Gasteiger partial charge in [-0.2, -0.15) is 0 Å². The quantitative estimate of drug-likeness (QED) is 0.595. The van der Waals surface area contributed by atoms with Crippen LogP contribution in [0.3, 0.4) is 0 Å². The third kappa shape index (κ3) is 5.50. The lowest BCUT2D eigenvalue weighted by Gasteiger charge is -2.31. The van der Waals surface area contributed by atoms with Gasteiger partial charge in [0, 0.05) is 12.1 Å². The summed E-state index contributed by atoms with van der Waals surface area (Å²) < 4.78 is 0. The summed E-state index contributed by atoms with van der Waals surface area (Å²) in [5.41, 5.74) is 0.141. The van der Waals surface area contributed by atoms with Crippen molar-refractivity contribution in [3.63, 3.8) is 0 Å². The first-order valence-corrected chi connectivity index (χ1v) is 6.65. The summed E-state index contributed by atoms with van der Waals surface area (Å²) in [6.45, 7) is 9.90. The van der Waals surface area contributed by atoms with E-state index in [-0.39, 0.29) is 11.4 Å². The summed E-state index contributed by atoms with van der Waals surface area (Å²) >= 11 is 0. The maximum absolute atomic E-state index is 11.5. The molecule has 0 heterocycles. The van der Waals surface area contributed by atoms with E-state index >= 15 is 0 Å². The highest BCUT2D eigenvalue weighted by Gasteiger charge is 2.23. The van der Waals surface area contributed by atoms with Gasteiger partial charge in [0.25, 0.3) is 0 Å². The Morgan fingerprint density at radius 1 is 1.06 bits per heavy atom. The van der Waals surface area contributed by atoms with E-state index in [0.29, 0.717) is 6.54 Å². The SMILES string of the molecule is CCCCNC(=O)CNC(CC)(CC)CC. The molecule has 96 valence electrons. The van der Waals surface area contributed by atoms with Crippen molar-refractivity contribution in [3.8, 4) is 0 Å². The van der Waals surface area contributed by atoms with E-state index in [1.165, 1.54) is 0 Å². The van der Waals surface area contributed by atoms with E-state index < -0.39 is 0 Å². The summed E-state index contributed by atoms with van der Waals surface area (Å²) in [6.07, 6.45) is 5.40. The molecule has 1 amide bonds. The Morgan fingerprint density at radius 2 is 1.62 bits per heavy atom. The van der Waals surface area contributed by atoms with E-state index in [4.69, 9.17) is 0 Å². The Labute approximate surface area is 100 Å². The van der Waals surface area contributed by atoms with Gasteiger partial charge in [0.1, 0.15) is 0 Å². The largest absolute Gasteiger partial charge is 0.355 e. The Hall–Kier alpha value is -0.570. The minimum Gasteiger partial charge on any atom is -0.355 e. The molecule has 0 aromatic rings. The van der Waals surface area contributed by atoms with Crippen molar-refractivity contribution in [1.82, 2.24) is 10.6 Å². The zero-order valence-electron chi connectivity index (χ0n) is 11.4. The smallest absolute Gasteiger partial charge is 0.233 e. The van der Waals surface area contributed by atoms with Crippen molar-refractivity contribution in [2.75, 3.05) is 13.1 Å². The van der Waals surface area contributed by atoms with Crippen LogP contribution in [0.15, 0.2) is 0 Å². The molecule has 0 bridgehead atoms. The van der Waals surface area contributed by atoms with E-state index in [0.717, 1.165) is 38.6 Å². The van der Waals surface area contributed by atoms with Gasteiger partial charge in [-0.3, -0.25) is 4.79 Å². The molecule has 0 fully saturated rings. The van der Waals surface area contributed by atoms with Crippen LogP contribution in [-0.4, -0.2) is 24.5 Å². The zero-order chi connectivity index (χ0) is 12.4. The zero-order valence-corrected chi connectivity index (χ0v) is 11.4. The van der Waals surface area contributed by atoms with Crippen LogP contribution in [0.25, 0.3) is 0 Å². The molecule has 0 aliphatic rings. The summed E-state index contributed by atoms with van der Waals surface area (Å²) in [5, 5.41) is 6.32. The summed E-state index contributed by atoms with van der Waals surface area (Å²) in [6, 6.07) is 0. The minimum absolute atomic E-state index is 0.119. The fourth-order valence-corrected chi connectivity index (χ4v) is 1.86. The molecular weight excluding hydrogens is 200 g/mol. The van der Waals surface area contributed by atoms with Crippen molar-refractivity contribution in [2.45, 2.75) is 65.3 Å². The van der Waals surface area contributed by atoms with Gasteiger partial charge in [-0.15, -0.1) is 0 Å². The first kappa shape index (κ1) is 15.4. The first-order chi connectivity index (χ1) is 7.64. The number of carbonyl (C=O) groups is 1. The highest BCUT2D eigenvalue weighted by molar-refractivity contribution is 5.78. The van der Waals surface area contributed by atoms with Gasteiger partial charge in [-0.1, -0.05) is 34.1 Å². The highest BCUT2D eigenvalue weighted by atomic mass is 16.1. The Morgan fingerprint density at radius 3 is 2.06 bits per heavy atom. The molecule has 0 saturated carbocycles. The van der Waals surface area contributed by atoms with Crippen molar-refractivity contribution >= 4 is 5.91 Å². The summed E-state index contributed by atoms with van der Waals surface area (Å²) in [4.78, 5) is 11.5. The lowest BCUT2D eigenvalue weighted by Crippen LogP contribution is -2.48. The predicted octanol–water partition coefficient (Wildman–Crippen LogP) is 2.46. The summed E-state index contributed by atoms with van der Waals surface area (Å²) in [5.74, 6) is 0.119. The number of nitrogens with one attached hydrogen (secondary N) is 2. The summed E-state index contributed by atoms with van der Waals surface area (Å²) in [7, 11) is 0. The molecule has 3 heteroatoms. The second-order valence-electron chi connectivity index (χ2n) is 4.40. The second-order valence-corrected chi connectivity index (χ2v) is 4.40. The number of amides is 1. The Bertz CT molecular complexity index is 180. The van der Waals surface area contributed by atoms with Gasteiger partial charge in [0.05, 0.1) is 6.54 Å². The molecule has 0 aromatic carbocycles. The van der Waals surface area contributed by atoms with Crippen molar-refractivity contribution in [2.24, 2.45) is 0 Å². The topological polar surface area (TPSA) is 41.1 Å². The van der Waals surface area contributed by atoms with Crippen LogP contribution in [0, 0.1) is 0 Å². The normalized spacial score (nSPS) is 11.5. The average molecular weight is 228 g/mol.